The Balaban J connectivity index is 2.60. The van der Waals surface area contributed by atoms with Crippen molar-refractivity contribution in [3.8, 4) is 5.75 Å². The first-order valence-electron chi connectivity index (χ1n) is 6.51. The molecule has 0 saturated heterocycles. The fraction of sp³-hybridized carbons (Fsp3) is 0.533. The van der Waals surface area contributed by atoms with Gasteiger partial charge >= 0.3 is 5.97 Å². The molecule has 0 saturated carbocycles. The normalized spacial score (nSPS) is 13.8. The topological polar surface area (TPSA) is 35.5 Å². The minimum atomic E-state index is -0.570. The Bertz CT molecular complexity index is 370. The van der Waals surface area contributed by atoms with Crippen molar-refractivity contribution in [2.45, 2.75) is 46.1 Å². The lowest BCUT2D eigenvalue weighted by Crippen LogP contribution is -2.26. The molecule has 0 bridgehead atoms. The van der Waals surface area contributed by atoms with Crippen LogP contribution in [-0.2, 0) is 9.53 Å². The van der Waals surface area contributed by atoms with Gasteiger partial charge in [-0.25, -0.2) is 4.79 Å². The van der Waals surface area contributed by atoms with E-state index in [1.165, 1.54) is 5.56 Å². The molecule has 3 heteroatoms. The Morgan fingerprint density at radius 3 is 2.28 bits per heavy atom. The van der Waals surface area contributed by atoms with E-state index in [1.807, 2.05) is 24.3 Å². The fourth-order valence-electron chi connectivity index (χ4n) is 1.62. The highest BCUT2D eigenvalue weighted by Crippen LogP contribution is 2.22. The Morgan fingerprint density at radius 1 is 1.17 bits per heavy atom. The van der Waals surface area contributed by atoms with Gasteiger partial charge in [0.2, 0.25) is 0 Å². The summed E-state index contributed by atoms with van der Waals surface area (Å²) in [6.07, 6.45) is 0.541. The zero-order valence-electron chi connectivity index (χ0n) is 11.6. The highest BCUT2D eigenvalue weighted by atomic mass is 16.6. The molecule has 2 atom stereocenters. The second-order valence-electron chi connectivity index (χ2n) is 4.39. The van der Waals surface area contributed by atoms with Crippen LogP contribution in [0.15, 0.2) is 24.3 Å². The van der Waals surface area contributed by atoms with Gasteiger partial charge in [0.1, 0.15) is 5.75 Å². The Morgan fingerprint density at radius 2 is 1.78 bits per heavy atom. The maximum atomic E-state index is 11.4. The van der Waals surface area contributed by atoms with Gasteiger partial charge in [-0.1, -0.05) is 26.0 Å². The summed E-state index contributed by atoms with van der Waals surface area (Å²) in [5.41, 5.74) is 1.29. The standard InChI is InChI=1S/C15H22O3/c1-5-11(3)13-7-9-14(10-8-13)18-12(4)15(16)17-6-2/h7-12H,5-6H2,1-4H3. The molecule has 0 heterocycles. The number of rotatable bonds is 6. The number of carbonyl (C=O) groups excluding carboxylic acids is 1. The van der Waals surface area contributed by atoms with Crippen LogP contribution in [0.25, 0.3) is 0 Å². The molecule has 0 aliphatic heterocycles. The van der Waals surface area contributed by atoms with Crippen LogP contribution in [0, 0.1) is 0 Å². The molecule has 0 amide bonds. The number of esters is 1. The smallest absolute Gasteiger partial charge is 0.347 e. The highest BCUT2D eigenvalue weighted by Gasteiger charge is 2.15. The first-order valence-corrected chi connectivity index (χ1v) is 6.51. The predicted octanol–water partition coefficient (Wildman–Crippen LogP) is 3.53. The van der Waals surface area contributed by atoms with E-state index < -0.39 is 6.10 Å². The van der Waals surface area contributed by atoms with E-state index in [-0.39, 0.29) is 5.97 Å². The van der Waals surface area contributed by atoms with Crippen molar-refractivity contribution in [1.29, 1.82) is 0 Å². The molecule has 0 N–H and O–H groups in total. The zero-order valence-corrected chi connectivity index (χ0v) is 11.6. The summed E-state index contributed by atoms with van der Waals surface area (Å²) in [6.45, 7) is 8.21. The molecule has 100 valence electrons. The van der Waals surface area contributed by atoms with Crippen molar-refractivity contribution in [1.82, 2.24) is 0 Å². The largest absolute Gasteiger partial charge is 0.479 e. The predicted molar refractivity (Wildman–Crippen MR) is 71.9 cm³/mol. The molecule has 3 nitrogen and oxygen atoms in total. The molecule has 0 aliphatic rings. The molecular weight excluding hydrogens is 228 g/mol. The minimum absolute atomic E-state index is 0.330. The second-order valence-corrected chi connectivity index (χ2v) is 4.39. The van der Waals surface area contributed by atoms with Crippen LogP contribution in [0.2, 0.25) is 0 Å². The van der Waals surface area contributed by atoms with Crippen molar-refractivity contribution >= 4 is 5.97 Å². The monoisotopic (exact) mass is 250 g/mol. The van der Waals surface area contributed by atoms with E-state index in [9.17, 15) is 4.79 Å². The van der Waals surface area contributed by atoms with Crippen LogP contribution in [0.3, 0.4) is 0 Å². The first kappa shape index (κ1) is 14.6. The molecule has 0 aromatic heterocycles. The van der Waals surface area contributed by atoms with Crippen LogP contribution >= 0.6 is 0 Å². The van der Waals surface area contributed by atoms with Crippen LogP contribution in [0.5, 0.6) is 5.75 Å². The Labute approximate surface area is 109 Å². The van der Waals surface area contributed by atoms with Crippen molar-refractivity contribution < 1.29 is 14.3 Å². The highest BCUT2D eigenvalue weighted by molar-refractivity contribution is 5.74. The molecule has 0 fully saturated rings. The van der Waals surface area contributed by atoms with E-state index in [0.29, 0.717) is 18.3 Å². The molecule has 18 heavy (non-hydrogen) atoms. The Hall–Kier alpha value is -1.51. The first-order chi connectivity index (χ1) is 8.58. The fourth-order valence-corrected chi connectivity index (χ4v) is 1.62. The summed E-state index contributed by atoms with van der Waals surface area (Å²) in [5.74, 6) is 0.910. The zero-order chi connectivity index (χ0) is 13.5. The van der Waals surface area contributed by atoms with Crippen LogP contribution in [0.1, 0.15) is 45.6 Å². The quantitative estimate of drug-likeness (QED) is 0.724. The number of ether oxygens (including phenoxy) is 2. The summed E-state index contributed by atoms with van der Waals surface area (Å²) < 4.78 is 10.4. The molecular formula is C15H22O3. The lowest BCUT2D eigenvalue weighted by atomic mass is 9.99. The van der Waals surface area contributed by atoms with Gasteiger partial charge in [-0.05, 0) is 43.9 Å². The summed E-state index contributed by atoms with van der Waals surface area (Å²) in [6, 6.07) is 7.89. The van der Waals surface area contributed by atoms with Gasteiger partial charge in [0.05, 0.1) is 6.61 Å². The Kier molecular flexibility index (Phi) is 5.69. The van der Waals surface area contributed by atoms with E-state index in [1.54, 1.807) is 13.8 Å². The third-order valence-corrected chi connectivity index (χ3v) is 2.99. The molecule has 1 rings (SSSR count). The van der Waals surface area contributed by atoms with Gasteiger partial charge in [-0.15, -0.1) is 0 Å². The number of benzene rings is 1. The van der Waals surface area contributed by atoms with E-state index in [0.717, 1.165) is 6.42 Å². The third kappa shape index (κ3) is 4.06. The van der Waals surface area contributed by atoms with Crippen molar-refractivity contribution in [3.63, 3.8) is 0 Å². The molecule has 1 aromatic rings. The van der Waals surface area contributed by atoms with Gasteiger partial charge in [0.15, 0.2) is 6.10 Å². The number of hydrogen-bond acceptors (Lipinski definition) is 3. The summed E-state index contributed by atoms with van der Waals surface area (Å²) in [4.78, 5) is 11.4. The van der Waals surface area contributed by atoms with Crippen molar-refractivity contribution in [2.75, 3.05) is 6.61 Å². The summed E-state index contributed by atoms with van der Waals surface area (Å²) >= 11 is 0. The van der Waals surface area contributed by atoms with E-state index in [4.69, 9.17) is 9.47 Å². The molecule has 2 unspecified atom stereocenters. The second kappa shape index (κ2) is 7.04. The molecule has 1 aromatic carbocycles. The number of hydrogen-bond donors (Lipinski definition) is 0. The average Bonchev–Trinajstić information content (AvgIpc) is 2.39. The molecule has 0 radical (unpaired) electrons. The summed E-state index contributed by atoms with van der Waals surface area (Å²) in [7, 11) is 0. The van der Waals surface area contributed by atoms with Crippen molar-refractivity contribution in [3.05, 3.63) is 29.8 Å². The van der Waals surface area contributed by atoms with Crippen LogP contribution in [-0.4, -0.2) is 18.7 Å². The maximum absolute atomic E-state index is 11.4. The lowest BCUT2D eigenvalue weighted by molar-refractivity contribution is -0.150. The number of carbonyl (C=O) groups is 1. The van der Waals surface area contributed by atoms with Gasteiger partial charge in [0, 0.05) is 0 Å². The van der Waals surface area contributed by atoms with Gasteiger partial charge < -0.3 is 9.47 Å². The van der Waals surface area contributed by atoms with Crippen molar-refractivity contribution in [2.24, 2.45) is 0 Å². The van der Waals surface area contributed by atoms with Crippen LogP contribution < -0.4 is 4.74 Å². The van der Waals surface area contributed by atoms with E-state index in [2.05, 4.69) is 13.8 Å². The average molecular weight is 250 g/mol. The molecule has 0 aliphatic carbocycles. The lowest BCUT2D eigenvalue weighted by Gasteiger charge is -2.14. The van der Waals surface area contributed by atoms with Gasteiger partial charge in [-0.2, -0.15) is 0 Å². The minimum Gasteiger partial charge on any atom is -0.479 e. The SMILES string of the molecule is CCOC(=O)C(C)Oc1ccc(C(C)CC)cc1. The van der Waals surface area contributed by atoms with E-state index >= 15 is 0 Å². The summed E-state index contributed by atoms with van der Waals surface area (Å²) in [5, 5.41) is 0. The maximum Gasteiger partial charge on any atom is 0.347 e. The third-order valence-electron chi connectivity index (χ3n) is 2.99. The molecule has 0 spiro atoms. The van der Waals surface area contributed by atoms with Crippen LogP contribution in [0.4, 0.5) is 0 Å². The van der Waals surface area contributed by atoms with Gasteiger partial charge in [-0.3, -0.25) is 0 Å². The van der Waals surface area contributed by atoms with Gasteiger partial charge in [0.25, 0.3) is 0 Å².